The second kappa shape index (κ2) is 8.28. The van der Waals surface area contributed by atoms with Crippen molar-refractivity contribution in [3.8, 4) is 5.75 Å². The lowest BCUT2D eigenvalue weighted by Gasteiger charge is -2.34. The molecule has 0 unspecified atom stereocenters. The van der Waals surface area contributed by atoms with Crippen molar-refractivity contribution in [3.05, 3.63) is 89.7 Å². The molecule has 1 fully saturated rings. The highest BCUT2D eigenvalue weighted by atomic mass is 32.2. The fraction of sp³-hybridized carbons (Fsp3) is 0.280. The van der Waals surface area contributed by atoms with Gasteiger partial charge in [-0.15, -0.1) is 0 Å². The van der Waals surface area contributed by atoms with E-state index < -0.39 is 15.6 Å². The molecule has 0 bridgehead atoms. The zero-order valence-corrected chi connectivity index (χ0v) is 19.2. The zero-order chi connectivity index (χ0) is 23.1. The Hall–Kier alpha value is -3.23. The van der Waals surface area contributed by atoms with E-state index in [1.165, 1.54) is 0 Å². The lowest BCUT2D eigenvalue weighted by atomic mass is 9.88. The first-order valence-electron chi connectivity index (χ1n) is 10.9. The summed E-state index contributed by atoms with van der Waals surface area (Å²) in [6.07, 6.45) is 3.87. The minimum Gasteiger partial charge on any atom is -0.484 e. The van der Waals surface area contributed by atoms with Crippen LogP contribution in [0.2, 0.25) is 0 Å². The van der Waals surface area contributed by atoms with Gasteiger partial charge in [0.25, 0.3) is 5.91 Å². The van der Waals surface area contributed by atoms with E-state index in [2.05, 4.69) is 4.98 Å². The van der Waals surface area contributed by atoms with Crippen LogP contribution >= 0.6 is 0 Å². The molecule has 1 aromatic heterocycles. The van der Waals surface area contributed by atoms with Crippen molar-refractivity contribution in [2.24, 2.45) is 0 Å². The number of fused-ring (bicyclic) bond motifs is 2. The molecule has 170 valence electrons. The molecule has 1 amide bonds. The van der Waals surface area contributed by atoms with Gasteiger partial charge in [0.1, 0.15) is 5.75 Å². The molecule has 1 saturated heterocycles. The average molecular weight is 464 g/mol. The molecule has 3 heterocycles. The normalized spacial score (nSPS) is 21.3. The monoisotopic (exact) mass is 463 g/mol. The van der Waals surface area contributed by atoms with Crippen LogP contribution in [0.15, 0.2) is 78.0 Å². The number of aromatic nitrogens is 1. The standard InChI is InChI=1S/C25H25N3O4S/c1-19-7-2-4-10-22(19)32-17-24(29)27-14-12-25(18-27)21-9-3-5-11-23(21)33(30,31)28(25)16-20-8-6-13-26-15-20/h2-11,13,15H,12,14,16-18H2,1H3/t25-/m0/s1. The molecule has 2 aromatic carbocycles. The SMILES string of the molecule is Cc1ccccc1OCC(=O)N1CC[C@]2(C1)c1ccccc1S(=O)(=O)N2Cc1cccnc1. The van der Waals surface area contributed by atoms with E-state index in [4.69, 9.17) is 4.74 Å². The van der Waals surface area contributed by atoms with Gasteiger partial charge in [-0.2, -0.15) is 4.31 Å². The van der Waals surface area contributed by atoms with Gasteiger partial charge in [-0.1, -0.05) is 42.5 Å². The van der Waals surface area contributed by atoms with Crippen molar-refractivity contribution >= 4 is 15.9 Å². The van der Waals surface area contributed by atoms with Crippen molar-refractivity contribution in [1.82, 2.24) is 14.2 Å². The van der Waals surface area contributed by atoms with E-state index in [0.717, 1.165) is 16.7 Å². The fourth-order valence-electron chi connectivity index (χ4n) is 4.83. The lowest BCUT2D eigenvalue weighted by molar-refractivity contribution is -0.132. The quantitative estimate of drug-likeness (QED) is 0.581. The maximum absolute atomic E-state index is 13.6. The van der Waals surface area contributed by atoms with Crippen LogP contribution in [0.25, 0.3) is 0 Å². The van der Waals surface area contributed by atoms with Gasteiger partial charge in [0.15, 0.2) is 6.61 Å². The topological polar surface area (TPSA) is 79.8 Å². The summed E-state index contributed by atoms with van der Waals surface area (Å²) in [6.45, 7) is 2.80. The molecule has 7 nitrogen and oxygen atoms in total. The Morgan fingerprint density at radius 2 is 1.88 bits per heavy atom. The summed E-state index contributed by atoms with van der Waals surface area (Å²) in [5.74, 6) is 0.519. The smallest absolute Gasteiger partial charge is 0.260 e. The number of ether oxygens (including phenoxy) is 1. The summed E-state index contributed by atoms with van der Waals surface area (Å²) in [5, 5.41) is 0. The Labute approximate surface area is 193 Å². The van der Waals surface area contributed by atoms with E-state index in [0.29, 0.717) is 30.2 Å². The number of aryl methyl sites for hydroxylation is 1. The van der Waals surface area contributed by atoms with Crippen LogP contribution in [0.4, 0.5) is 0 Å². The predicted molar refractivity (Wildman–Crippen MR) is 123 cm³/mol. The molecule has 3 aromatic rings. The summed E-state index contributed by atoms with van der Waals surface area (Å²) in [7, 11) is -3.71. The maximum Gasteiger partial charge on any atom is 0.260 e. The van der Waals surface area contributed by atoms with Gasteiger partial charge in [0, 0.05) is 32.0 Å². The summed E-state index contributed by atoms with van der Waals surface area (Å²) in [5.41, 5.74) is 1.72. The van der Waals surface area contributed by atoms with Gasteiger partial charge >= 0.3 is 0 Å². The number of carbonyl (C=O) groups is 1. The highest BCUT2D eigenvalue weighted by molar-refractivity contribution is 7.89. The Balaban J connectivity index is 1.43. The third-order valence-corrected chi connectivity index (χ3v) is 8.50. The van der Waals surface area contributed by atoms with Crippen LogP contribution in [0, 0.1) is 6.92 Å². The van der Waals surface area contributed by atoms with Crippen molar-refractivity contribution in [3.63, 3.8) is 0 Å². The first-order chi connectivity index (χ1) is 15.9. The van der Waals surface area contributed by atoms with Crippen molar-refractivity contribution < 1.29 is 17.9 Å². The second-order valence-corrected chi connectivity index (χ2v) is 10.4. The maximum atomic E-state index is 13.6. The number of amides is 1. The predicted octanol–water partition coefficient (Wildman–Crippen LogP) is 3.10. The van der Waals surface area contributed by atoms with Gasteiger partial charge in [-0.25, -0.2) is 8.42 Å². The van der Waals surface area contributed by atoms with Crippen LogP contribution in [-0.2, 0) is 26.9 Å². The molecule has 8 heteroatoms. The van der Waals surface area contributed by atoms with E-state index in [-0.39, 0.29) is 19.1 Å². The summed E-state index contributed by atoms with van der Waals surface area (Å²) < 4.78 is 34.4. The van der Waals surface area contributed by atoms with Crippen LogP contribution in [0.3, 0.4) is 0 Å². The molecule has 5 rings (SSSR count). The number of hydrogen-bond acceptors (Lipinski definition) is 5. The number of pyridine rings is 1. The van der Waals surface area contributed by atoms with Gasteiger partial charge in [0.05, 0.1) is 10.4 Å². The van der Waals surface area contributed by atoms with E-state index >= 15 is 0 Å². The third kappa shape index (κ3) is 3.69. The minimum absolute atomic E-state index is 0.0854. The third-order valence-electron chi connectivity index (χ3n) is 6.53. The Morgan fingerprint density at radius 3 is 2.67 bits per heavy atom. The number of benzene rings is 2. The molecule has 0 radical (unpaired) electrons. The molecule has 0 saturated carbocycles. The number of hydrogen-bond donors (Lipinski definition) is 0. The summed E-state index contributed by atoms with van der Waals surface area (Å²) >= 11 is 0. The van der Waals surface area contributed by atoms with Gasteiger partial charge in [-0.3, -0.25) is 9.78 Å². The molecular formula is C25H25N3O4S. The van der Waals surface area contributed by atoms with Crippen LogP contribution < -0.4 is 4.74 Å². The van der Waals surface area contributed by atoms with Gasteiger partial charge < -0.3 is 9.64 Å². The van der Waals surface area contributed by atoms with Gasteiger partial charge in [-0.05, 0) is 48.2 Å². The Kier molecular flexibility index (Phi) is 5.42. The van der Waals surface area contributed by atoms with Gasteiger partial charge in [0.2, 0.25) is 10.0 Å². The molecule has 0 N–H and O–H groups in total. The zero-order valence-electron chi connectivity index (χ0n) is 18.3. The van der Waals surface area contributed by atoms with Crippen LogP contribution in [0.5, 0.6) is 5.75 Å². The lowest BCUT2D eigenvalue weighted by Crippen LogP contribution is -2.46. The minimum atomic E-state index is -3.71. The number of rotatable bonds is 5. The Morgan fingerprint density at radius 1 is 1.09 bits per heavy atom. The number of para-hydroxylation sites is 1. The first-order valence-corrected chi connectivity index (χ1v) is 12.3. The molecule has 33 heavy (non-hydrogen) atoms. The number of sulfonamides is 1. The van der Waals surface area contributed by atoms with Crippen molar-refractivity contribution in [1.29, 1.82) is 0 Å². The van der Waals surface area contributed by atoms with Crippen LogP contribution in [-0.4, -0.2) is 48.2 Å². The largest absolute Gasteiger partial charge is 0.484 e. The number of likely N-dealkylation sites (tertiary alicyclic amines) is 1. The fourth-order valence-corrected chi connectivity index (χ4v) is 6.88. The molecule has 1 spiro atoms. The molecule has 2 aliphatic rings. The Bertz CT molecular complexity index is 1300. The highest BCUT2D eigenvalue weighted by Crippen LogP contribution is 2.50. The van der Waals surface area contributed by atoms with Crippen molar-refractivity contribution in [2.75, 3.05) is 19.7 Å². The molecule has 0 aliphatic carbocycles. The first kappa shape index (κ1) is 21.6. The number of nitrogens with zero attached hydrogens (tertiary/aromatic N) is 3. The molecule has 1 atom stereocenters. The van der Waals surface area contributed by atoms with Crippen LogP contribution in [0.1, 0.15) is 23.1 Å². The van der Waals surface area contributed by atoms with E-state index in [1.807, 2.05) is 49.4 Å². The average Bonchev–Trinajstić information content (AvgIpc) is 3.35. The molecule has 2 aliphatic heterocycles. The molecular weight excluding hydrogens is 438 g/mol. The summed E-state index contributed by atoms with van der Waals surface area (Å²) in [6, 6.07) is 18.3. The van der Waals surface area contributed by atoms with E-state index in [9.17, 15) is 13.2 Å². The second-order valence-electron chi connectivity index (χ2n) is 8.52. The van der Waals surface area contributed by atoms with Crippen molar-refractivity contribution in [2.45, 2.75) is 30.3 Å². The van der Waals surface area contributed by atoms with E-state index in [1.54, 1.807) is 39.8 Å². The highest BCUT2D eigenvalue weighted by Gasteiger charge is 2.57. The summed E-state index contributed by atoms with van der Waals surface area (Å²) in [4.78, 5) is 19.2. The number of carbonyl (C=O) groups excluding carboxylic acids is 1.